The van der Waals surface area contributed by atoms with Crippen molar-refractivity contribution in [2.75, 3.05) is 12.5 Å². The molecule has 2 nitrogen and oxygen atoms in total. The van der Waals surface area contributed by atoms with Crippen LogP contribution in [0.1, 0.15) is 0 Å². The van der Waals surface area contributed by atoms with Gasteiger partial charge in [-0.25, -0.2) is 0 Å². The van der Waals surface area contributed by atoms with Crippen LogP contribution in [-0.4, -0.2) is 12.5 Å². The number of benzene rings is 2. The smallest absolute Gasteiger partial charge is 0.234 e. The molecule has 0 N–H and O–H groups in total. The predicted octanol–water partition coefficient (Wildman–Crippen LogP) is 4.06. The second-order valence-electron chi connectivity index (χ2n) is 4.87. The predicted molar refractivity (Wildman–Crippen MR) is 95.8 cm³/mol. The summed E-state index contributed by atoms with van der Waals surface area (Å²) in [6, 6.07) is 15.5. The maximum absolute atomic E-state index is 12.0. The van der Waals surface area contributed by atoms with E-state index < -0.39 is 0 Å². The van der Waals surface area contributed by atoms with Crippen LogP contribution in [0.25, 0.3) is 22.3 Å². The minimum Gasteiger partial charge on any atom is -0.285 e. The third-order valence-electron chi connectivity index (χ3n) is 3.67. The highest BCUT2D eigenvalue weighted by molar-refractivity contribution is 7.98. The molecule has 4 heteroatoms. The fourth-order valence-electron chi connectivity index (χ4n) is 2.46. The van der Waals surface area contributed by atoms with Crippen molar-refractivity contribution in [1.29, 1.82) is 0 Å². The van der Waals surface area contributed by atoms with Gasteiger partial charge in [-0.05, 0) is 47.9 Å². The Hall–Kier alpha value is -1.78. The Kier molecular flexibility index (Phi) is 4.23. The zero-order valence-electron chi connectivity index (χ0n) is 12.3. The summed E-state index contributed by atoms with van der Waals surface area (Å²) in [5.41, 5.74) is 1.92. The van der Waals surface area contributed by atoms with E-state index in [1.165, 1.54) is 0 Å². The lowest BCUT2D eigenvalue weighted by atomic mass is 9.89. The van der Waals surface area contributed by atoms with E-state index in [0.29, 0.717) is 11.1 Å². The summed E-state index contributed by atoms with van der Waals surface area (Å²) >= 11 is 3.29. The van der Waals surface area contributed by atoms with Crippen molar-refractivity contribution >= 4 is 23.5 Å². The molecule has 0 aliphatic carbocycles. The van der Waals surface area contributed by atoms with Crippen LogP contribution in [0.3, 0.4) is 0 Å². The second-order valence-corrected chi connectivity index (χ2v) is 6.62. The monoisotopic (exact) mass is 326 g/mol. The minimum absolute atomic E-state index is 0.388. The molecule has 0 atom stereocenters. The second kappa shape index (κ2) is 6.15. The van der Waals surface area contributed by atoms with Crippen molar-refractivity contribution in [3.8, 4) is 22.3 Å². The summed E-state index contributed by atoms with van der Waals surface area (Å²) in [6.45, 7) is 0. The summed E-state index contributed by atoms with van der Waals surface area (Å²) in [6.07, 6.45) is 4.01. The molecule has 0 fully saturated rings. The average Bonchev–Trinajstić information content (AvgIpc) is 2.59. The highest BCUT2D eigenvalue weighted by Gasteiger charge is 2.23. The van der Waals surface area contributed by atoms with E-state index in [2.05, 4.69) is 0 Å². The highest BCUT2D eigenvalue weighted by Crippen LogP contribution is 2.30. The van der Waals surface area contributed by atoms with Crippen LogP contribution in [0.5, 0.6) is 0 Å². The molecular weight excluding hydrogens is 312 g/mol. The van der Waals surface area contributed by atoms with Gasteiger partial charge in [-0.1, -0.05) is 24.3 Å². The van der Waals surface area contributed by atoms with Crippen molar-refractivity contribution in [2.24, 2.45) is 0 Å². The summed E-state index contributed by atoms with van der Waals surface area (Å²) in [7, 11) is 0. The molecule has 22 heavy (non-hydrogen) atoms. The van der Waals surface area contributed by atoms with Crippen LogP contribution in [-0.2, 0) is 0 Å². The van der Waals surface area contributed by atoms with Crippen LogP contribution in [0.2, 0.25) is 0 Å². The Labute approximate surface area is 137 Å². The van der Waals surface area contributed by atoms with Crippen LogP contribution >= 0.6 is 23.5 Å². The molecule has 0 unspecified atom stereocenters. The normalized spacial score (nSPS) is 11.0. The minimum atomic E-state index is -0.388. The van der Waals surface area contributed by atoms with Gasteiger partial charge in [0.15, 0.2) is 0 Å². The molecule has 0 aliphatic heterocycles. The van der Waals surface area contributed by atoms with Gasteiger partial charge in [0, 0.05) is 20.9 Å². The molecule has 3 aromatic carbocycles. The van der Waals surface area contributed by atoms with Crippen molar-refractivity contribution in [3.05, 3.63) is 69.0 Å². The Morgan fingerprint density at radius 3 is 1.18 bits per heavy atom. The van der Waals surface area contributed by atoms with Gasteiger partial charge in [-0.15, -0.1) is 23.5 Å². The third kappa shape index (κ3) is 2.53. The molecule has 3 rings (SSSR count). The zero-order chi connectivity index (χ0) is 15.7. The molecular formula is C18H14O2S2. The van der Waals surface area contributed by atoms with Gasteiger partial charge in [0.05, 0.1) is 0 Å². The maximum atomic E-state index is 12.0. The van der Waals surface area contributed by atoms with E-state index in [0.717, 1.165) is 20.9 Å². The van der Waals surface area contributed by atoms with Gasteiger partial charge in [0.25, 0.3) is 0 Å². The van der Waals surface area contributed by atoms with Crippen molar-refractivity contribution < 1.29 is 0 Å². The van der Waals surface area contributed by atoms with Crippen LogP contribution in [0.15, 0.2) is 67.9 Å². The lowest BCUT2D eigenvalue weighted by Gasteiger charge is -2.12. The van der Waals surface area contributed by atoms with E-state index in [1.807, 2.05) is 61.0 Å². The molecule has 110 valence electrons. The fraction of sp³-hybridized carbons (Fsp3) is 0.111. The first-order valence-corrected chi connectivity index (χ1v) is 9.23. The van der Waals surface area contributed by atoms with Crippen LogP contribution in [0.4, 0.5) is 0 Å². The van der Waals surface area contributed by atoms with E-state index in [4.69, 9.17) is 0 Å². The fourth-order valence-corrected chi connectivity index (χ4v) is 3.27. The van der Waals surface area contributed by atoms with Gasteiger partial charge in [0.1, 0.15) is 0 Å². The van der Waals surface area contributed by atoms with Gasteiger partial charge < -0.3 is 0 Å². The molecule has 3 aromatic rings. The first kappa shape index (κ1) is 15.1. The van der Waals surface area contributed by atoms with Gasteiger partial charge in [-0.3, -0.25) is 9.59 Å². The molecule has 0 saturated carbocycles. The largest absolute Gasteiger partial charge is 0.285 e. The van der Waals surface area contributed by atoms with Crippen LogP contribution < -0.4 is 10.9 Å². The Morgan fingerprint density at radius 1 is 0.591 bits per heavy atom. The standard InChI is InChI=1S/C18H14O2S2/c1-21-13-7-3-11(4-8-13)15-16(18(20)17(15)19)12-5-9-14(22-2)10-6-12/h3-10H,1-2H3. The average molecular weight is 326 g/mol. The molecule has 0 radical (unpaired) electrons. The Bertz CT molecular complexity index is 796. The Morgan fingerprint density at radius 2 is 0.909 bits per heavy atom. The SMILES string of the molecule is CSc1ccc(-c2c(-c3ccc(SC)cc3)c(=O)c2=O)cc1. The highest BCUT2D eigenvalue weighted by atomic mass is 32.2. The molecule has 0 spiro atoms. The van der Waals surface area contributed by atoms with E-state index in [1.54, 1.807) is 23.5 Å². The van der Waals surface area contributed by atoms with Gasteiger partial charge in [-0.2, -0.15) is 0 Å². The van der Waals surface area contributed by atoms with E-state index in [-0.39, 0.29) is 10.9 Å². The molecule has 0 aromatic heterocycles. The Balaban J connectivity index is 2.08. The molecule has 0 bridgehead atoms. The first-order chi connectivity index (χ1) is 10.7. The molecule has 0 saturated heterocycles. The van der Waals surface area contributed by atoms with E-state index >= 15 is 0 Å². The summed E-state index contributed by atoms with van der Waals surface area (Å²) in [5, 5.41) is 0. The number of hydrogen-bond acceptors (Lipinski definition) is 4. The lowest BCUT2D eigenvalue weighted by molar-refractivity contribution is 1.37. The number of hydrogen-bond donors (Lipinski definition) is 0. The molecule has 0 heterocycles. The summed E-state index contributed by atoms with van der Waals surface area (Å²) in [5.74, 6) is 0. The maximum Gasteiger partial charge on any atom is 0.234 e. The third-order valence-corrected chi connectivity index (χ3v) is 5.15. The van der Waals surface area contributed by atoms with Crippen LogP contribution in [0, 0.1) is 0 Å². The zero-order valence-corrected chi connectivity index (χ0v) is 13.9. The summed E-state index contributed by atoms with van der Waals surface area (Å²) < 4.78 is 0. The summed E-state index contributed by atoms with van der Waals surface area (Å²) in [4.78, 5) is 26.3. The molecule has 0 aliphatic rings. The van der Waals surface area contributed by atoms with Gasteiger partial charge in [0.2, 0.25) is 10.9 Å². The lowest BCUT2D eigenvalue weighted by Crippen LogP contribution is -2.34. The quantitative estimate of drug-likeness (QED) is 0.535. The number of thioether (sulfide) groups is 2. The van der Waals surface area contributed by atoms with E-state index in [9.17, 15) is 9.59 Å². The molecule has 0 amide bonds. The van der Waals surface area contributed by atoms with Crippen molar-refractivity contribution in [3.63, 3.8) is 0 Å². The first-order valence-electron chi connectivity index (χ1n) is 6.78. The van der Waals surface area contributed by atoms with Crippen molar-refractivity contribution in [2.45, 2.75) is 9.79 Å². The topological polar surface area (TPSA) is 34.1 Å². The van der Waals surface area contributed by atoms with Gasteiger partial charge >= 0.3 is 0 Å². The van der Waals surface area contributed by atoms with Crippen molar-refractivity contribution in [1.82, 2.24) is 0 Å². The number of rotatable bonds is 4.